The normalized spacial score (nSPS) is 19.8. The minimum Gasteiger partial charge on any atom is -0.0810 e. The molecule has 0 nitrogen and oxygen atoms in total. The molecule has 0 heteroatoms. The second kappa shape index (κ2) is 2.17. The Hall–Kier alpha value is -0.520. The average molecular weight is 107 g/mol. The minimum absolute atomic E-state index is 1.12. The highest BCUT2D eigenvalue weighted by Crippen LogP contribution is 2.13. The van der Waals surface area contributed by atoms with Gasteiger partial charge in [-0.05, 0) is 26.7 Å². The molecule has 0 heterocycles. The molecule has 0 fully saturated rings. The molecule has 0 bridgehead atoms. The lowest BCUT2D eigenvalue weighted by molar-refractivity contribution is 1.14. The van der Waals surface area contributed by atoms with Crippen molar-refractivity contribution < 1.29 is 0 Å². The van der Waals surface area contributed by atoms with E-state index in [9.17, 15) is 0 Å². The largest absolute Gasteiger partial charge is 0.0810 e. The third-order valence-corrected chi connectivity index (χ3v) is 1.33. The van der Waals surface area contributed by atoms with Gasteiger partial charge in [-0.2, -0.15) is 0 Å². The highest BCUT2D eigenvalue weighted by Gasteiger charge is 1.95. The maximum absolute atomic E-state index is 2.23. The first-order valence-corrected chi connectivity index (χ1v) is 2.97. The van der Waals surface area contributed by atoms with E-state index in [2.05, 4.69) is 32.4 Å². The topological polar surface area (TPSA) is 0 Å². The monoisotopic (exact) mass is 107 g/mol. The maximum Gasteiger partial charge on any atom is -0.00994 e. The van der Waals surface area contributed by atoms with Gasteiger partial charge in [-0.3, -0.25) is 0 Å². The van der Waals surface area contributed by atoms with Crippen LogP contribution in [0.4, 0.5) is 0 Å². The van der Waals surface area contributed by atoms with Gasteiger partial charge in [-0.25, -0.2) is 0 Å². The van der Waals surface area contributed by atoms with Crippen LogP contribution in [0.25, 0.3) is 0 Å². The van der Waals surface area contributed by atoms with Gasteiger partial charge in [0.15, 0.2) is 0 Å². The number of hydrogen-bond donors (Lipinski definition) is 0. The summed E-state index contributed by atoms with van der Waals surface area (Å²) in [4.78, 5) is 0. The summed E-state index contributed by atoms with van der Waals surface area (Å²) in [6.07, 6.45) is 7.78. The Morgan fingerprint density at radius 3 is 2.38 bits per heavy atom. The van der Waals surface area contributed by atoms with E-state index in [0.29, 0.717) is 0 Å². The summed E-state index contributed by atoms with van der Waals surface area (Å²) < 4.78 is 0. The second-order valence-electron chi connectivity index (χ2n) is 2.28. The lowest BCUT2D eigenvalue weighted by Crippen LogP contribution is -1.85. The van der Waals surface area contributed by atoms with Gasteiger partial charge in [0.1, 0.15) is 0 Å². The van der Waals surface area contributed by atoms with Gasteiger partial charge in [0, 0.05) is 0 Å². The van der Waals surface area contributed by atoms with Crippen molar-refractivity contribution in [2.45, 2.75) is 20.3 Å². The fourth-order valence-corrected chi connectivity index (χ4v) is 0.908. The van der Waals surface area contributed by atoms with Crippen molar-refractivity contribution in [3.63, 3.8) is 0 Å². The first-order chi connectivity index (χ1) is 3.79. The third-order valence-electron chi connectivity index (χ3n) is 1.33. The van der Waals surface area contributed by atoms with E-state index < -0.39 is 0 Å². The molecule has 0 aliphatic heterocycles. The van der Waals surface area contributed by atoms with Crippen LogP contribution in [0.1, 0.15) is 20.3 Å². The molecule has 1 radical (unpaired) electrons. The number of rotatable bonds is 0. The van der Waals surface area contributed by atoms with Gasteiger partial charge in [0.2, 0.25) is 0 Å². The Morgan fingerprint density at radius 1 is 1.25 bits per heavy atom. The molecule has 0 saturated heterocycles. The quantitative estimate of drug-likeness (QED) is 0.446. The van der Waals surface area contributed by atoms with Gasteiger partial charge in [-0.1, -0.05) is 23.3 Å². The van der Waals surface area contributed by atoms with Crippen molar-refractivity contribution in [2.75, 3.05) is 0 Å². The van der Waals surface area contributed by atoms with Gasteiger partial charge in [0.25, 0.3) is 0 Å². The Morgan fingerprint density at radius 2 is 2.00 bits per heavy atom. The molecule has 1 aliphatic rings. The van der Waals surface area contributed by atoms with Crippen LogP contribution >= 0.6 is 0 Å². The van der Waals surface area contributed by atoms with Crippen molar-refractivity contribution >= 4 is 0 Å². The summed E-state index contributed by atoms with van der Waals surface area (Å²) in [6.45, 7) is 4.27. The van der Waals surface area contributed by atoms with Crippen molar-refractivity contribution in [2.24, 2.45) is 0 Å². The Balaban J connectivity index is 2.69. The molecule has 0 saturated carbocycles. The first kappa shape index (κ1) is 5.61. The highest BCUT2D eigenvalue weighted by molar-refractivity contribution is 5.30. The van der Waals surface area contributed by atoms with E-state index in [1.165, 1.54) is 11.1 Å². The SMILES string of the molecule is CC1=CC(C)=CC[CH]1. The summed E-state index contributed by atoms with van der Waals surface area (Å²) >= 11 is 0. The molecule has 0 spiro atoms. The molecular formula is C8H11. The number of allylic oxidation sites excluding steroid dienone is 4. The molecule has 0 amide bonds. The molecule has 0 aromatic heterocycles. The highest BCUT2D eigenvalue weighted by atomic mass is 14.0. The standard InChI is InChI=1S/C8H11/c1-7-4-3-5-8(2)6-7/h4-6H,3H2,1-2H3. The Kier molecular flexibility index (Phi) is 1.52. The number of hydrogen-bond acceptors (Lipinski definition) is 0. The molecule has 0 aromatic carbocycles. The molecule has 0 N–H and O–H groups in total. The molecule has 0 aromatic rings. The molecule has 8 heavy (non-hydrogen) atoms. The summed E-state index contributed by atoms with van der Waals surface area (Å²) in [5.74, 6) is 0. The summed E-state index contributed by atoms with van der Waals surface area (Å²) in [6, 6.07) is 0. The zero-order chi connectivity index (χ0) is 5.98. The van der Waals surface area contributed by atoms with Gasteiger partial charge in [-0.15, -0.1) is 0 Å². The van der Waals surface area contributed by atoms with Crippen LogP contribution in [-0.4, -0.2) is 0 Å². The average Bonchev–Trinajstić information content (AvgIpc) is 1.64. The Labute approximate surface area is 50.9 Å². The van der Waals surface area contributed by atoms with E-state index in [4.69, 9.17) is 0 Å². The van der Waals surface area contributed by atoms with Crippen LogP contribution < -0.4 is 0 Å². The predicted molar refractivity (Wildman–Crippen MR) is 36.4 cm³/mol. The van der Waals surface area contributed by atoms with E-state index in [1.54, 1.807) is 0 Å². The molecule has 1 rings (SSSR count). The summed E-state index contributed by atoms with van der Waals surface area (Å²) in [5.41, 5.74) is 2.79. The van der Waals surface area contributed by atoms with Gasteiger partial charge >= 0.3 is 0 Å². The van der Waals surface area contributed by atoms with Crippen molar-refractivity contribution in [1.29, 1.82) is 0 Å². The minimum atomic E-state index is 1.12. The fourth-order valence-electron chi connectivity index (χ4n) is 0.908. The predicted octanol–water partition coefficient (Wildman–Crippen LogP) is 2.49. The molecule has 1 aliphatic carbocycles. The Bertz CT molecular complexity index is 138. The van der Waals surface area contributed by atoms with Crippen LogP contribution in [0.2, 0.25) is 0 Å². The van der Waals surface area contributed by atoms with Crippen molar-refractivity contribution in [3.05, 3.63) is 29.7 Å². The van der Waals surface area contributed by atoms with Crippen molar-refractivity contribution in [3.8, 4) is 0 Å². The van der Waals surface area contributed by atoms with Crippen molar-refractivity contribution in [1.82, 2.24) is 0 Å². The van der Waals surface area contributed by atoms with Crippen LogP contribution in [0.3, 0.4) is 0 Å². The maximum atomic E-state index is 2.23. The van der Waals surface area contributed by atoms with Crippen LogP contribution in [0.5, 0.6) is 0 Å². The smallest absolute Gasteiger partial charge is 0.00994 e. The first-order valence-electron chi connectivity index (χ1n) is 2.97. The van der Waals surface area contributed by atoms with E-state index in [1.807, 2.05) is 0 Å². The van der Waals surface area contributed by atoms with E-state index in [-0.39, 0.29) is 0 Å². The van der Waals surface area contributed by atoms with Crippen LogP contribution in [-0.2, 0) is 0 Å². The van der Waals surface area contributed by atoms with Crippen LogP contribution in [0, 0.1) is 6.42 Å². The summed E-state index contributed by atoms with van der Waals surface area (Å²) in [7, 11) is 0. The van der Waals surface area contributed by atoms with E-state index in [0.717, 1.165) is 6.42 Å². The molecule has 0 unspecified atom stereocenters. The molecule has 43 valence electrons. The lowest BCUT2D eigenvalue weighted by Gasteiger charge is -2.04. The van der Waals surface area contributed by atoms with Gasteiger partial charge < -0.3 is 0 Å². The molecule has 0 atom stereocenters. The zero-order valence-electron chi connectivity index (χ0n) is 5.44. The fraction of sp³-hybridized carbons (Fsp3) is 0.375. The third kappa shape index (κ3) is 1.22. The summed E-state index contributed by atoms with van der Waals surface area (Å²) in [5, 5.41) is 0. The zero-order valence-corrected chi connectivity index (χ0v) is 5.44. The van der Waals surface area contributed by atoms with E-state index >= 15 is 0 Å². The molecular weight excluding hydrogens is 96.1 g/mol. The second-order valence-corrected chi connectivity index (χ2v) is 2.28. The van der Waals surface area contributed by atoms with Crippen LogP contribution in [0.15, 0.2) is 23.3 Å². The van der Waals surface area contributed by atoms with Gasteiger partial charge in [0.05, 0.1) is 0 Å². The lowest BCUT2D eigenvalue weighted by atomic mass is 10.0.